The van der Waals surface area contributed by atoms with Crippen molar-refractivity contribution in [1.29, 1.82) is 0 Å². The second kappa shape index (κ2) is 32.9. The number of hydrogen-bond acceptors (Lipinski definition) is 22. The summed E-state index contributed by atoms with van der Waals surface area (Å²) in [5.41, 5.74) is 2.37. The zero-order chi connectivity index (χ0) is 74.5. The molecule has 534 valence electrons. The Bertz CT molecular complexity index is 4990. The fourth-order valence-electron chi connectivity index (χ4n) is 11.7. The second-order valence-electron chi connectivity index (χ2n) is 22.1. The van der Waals surface area contributed by atoms with Gasteiger partial charge in [-0.1, -0.05) is 36.4 Å². The molecule has 9 N–H and O–H groups in total. The molecule has 0 radical (unpaired) electrons. The predicted octanol–water partition coefficient (Wildman–Crippen LogP) is 7.34. The molecule has 7 heterocycles. The van der Waals surface area contributed by atoms with E-state index in [1.54, 1.807) is 30.9 Å². The molecule has 6 aromatic carbocycles. The molecule has 0 bridgehead atoms. The predicted molar refractivity (Wildman–Crippen MR) is 343 cm³/mol. The van der Waals surface area contributed by atoms with E-state index in [0.717, 1.165) is 37.7 Å². The first-order chi connectivity index (χ1) is 49.5. The highest BCUT2D eigenvalue weighted by molar-refractivity contribution is 6.09. The molecule has 0 aliphatic carbocycles. The van der Waals surface area contributed by atoms with Crippen LogP contribution < -0.4 is 34.2 Å². The number of aromatic amines is 2. The highest BCUT2D eigenvalue weighted by Crippen LogP contribution is 2.45. The molecule has 0 saturated carbocycles. The lowest BCUT2D eigenvalue weighted by Crippen LogP contribution is -2.34. The molecule has 13 rings (SSSR count). The Morgan fingerprint density at radius 1 is 0.647 bits per heavy atom. The lowest BCUT2D eigenvalue weighted by Gasteiger charge is -2.27. The van der Waals surface area contributed by atoms with Gasteiger partial charge in [-0.15, -0.1) is 0 Å². The summed E-state index contributed by atoms with van der Waals surface area (Å²) in [6, 6.07) is 21.4. The number of hydrogen-bond donors (Lipinski definition) is 6. The number of imide groups is 1. The van der Waals surface area contributed by atoms with Gasteiger partial charge >= 0.3 is 5.97 Å². The van der Waals surface area contributed by atoms with E-state index in [4.69, 9.17) is 21.8 Å². The van der Waals surface area contributed by atoms with Gasteiger partial charge < -0.3 is 9.57 Å². The third-order valence-electron chi connectivity index (χ3n) is 16.2. The zero-order valence-corrected chi connectivity index (χ0v) is 53.7. The molecule has 37 heteroatoms. The van der Waals surface area contributed by atoms with Crippen molar-refractivity contribution in [3.63, 3.8) is 0 Å². The minimum atomic E-state index is -1.45. The zero-order valence-electron chi connectivity index (χ0n) is 54.7. The van der Waals surface area contributed by atoms with Crippen LogP contribution in [0.5, 0.6) is 0 Å². The summed E-state index contributed by atoms with van der Waals surface area (Å²) >= 11 is 0. The van der Waals surface area contributed by atoms with E-state index in [0.29, 0.717) is 62.7 Å². The summed E-state index contributed by atoms with van der Waals surface area (Å²) in [4.78, 5) is 104. The molecule has 2 aliphatic rings. The van der Waals surface area contributed by atoms with Crippen molar-refractivity contribution in [2.24, 2.45) is 38.7 Å². The van der Waals surface area contributed by atoms with Crippen LogP contribution in [0.1, 0.15) is 118 Å². The summed E-state index contributed by atoms with van der Waals surface area (Å²) in [7, 11) is 4.79. The number of anilines is 1. The Morgan fingerprint density at radius 2 is 1.16 bits per heavy atom. The summed E-state index contributed by atoms with van der Waals surface area (Å²) < 4.78 is 137. The monoisotopic (exact) mass is 1430 g/mol. The first-order valence-corrected chi connectivity index (χ1v) is 29.9. The molecule has 11 aromatic rings. The third kappa shape index (κ3) is 15.8. The van der Waals surface area contributed by atoms with Crippen LogP contribution in [0.25, 0.3) is 21.5 Å². The maximum Gasteiger partial charge on any atom is 0.338 e. The number of alkyl halides is 1. The van der Waals surface area contributed by atoms with Crippen molar-refractivity contribution in [3.8, 4) is 0 Å². The maximum absolute atomic E-state index is 15.1. The number of esters is 1. The van der Waals surface area contributed by atoms with Gasteiger partial charge in [0.2, 0.25) is 0 Å². The number of amides is 2. The van der Waals surface area contributed by atoms with Gasteiger partial charge in [-0.2, -0.15) is 30.6 Å². The van der Waals surface area contributed by atoms with E-state index in [2.05, 4.69) is 72.5 Å². The Kier molecular flexibility index (Phi) is 23.6. The number of nitrogens with one attached hydrogen (secondary N) is 3. The smallest absolute Gasteiger partial charge is 0.338 e. The minimum Gasteiger partial charge on any atom is -0.465 e. The Balaban J connectivity index is 0.000000192. The van der Waals surface area contributed by atoms with Gasteiger partial charge in [-0.05, 0) is 77.4 Å². The molecular weight excluding hydrogens is 1360 g/mol. The largest absolute Gasteiger partial charge is 0.465 e. The number of aromatic nitrogens is 13. The van der Waals surface area contributed by atoms with Gasteiger partial charge in [0.05, 0.1) is 85.6 Å². The fraction of sp³-hybridized carbons (Fsp3) is 0.231. The van der Waals surface area contributed by atoms with E-state index in [1.165, 1.54) is 83.7 Å². The van der Waals surface area contributed by atoms with E-state index >= 15 is 4.39 Å². The lowest BCUT2D eigenvalue weighted by atomic mass is 9.80. The second-order valence-corrected chi connectivity index (χ2v) is 22.1. The van der Waals surface area contributed by atoms with Gasteiger partial charge in [-0.3, -0.25) is 69.2 Å². The van der Waals surface area contributed by atoms with Crippen molar-refractivity contribution in [2.75, 3.05) is 33.0 Å². The first kappa shape index (κ1) is 73.0. The van der Waals surface area contributed by atoms with Crippen LogP contribution in [0, 0.1) is 46.5 Å². The van der Waals surface area contributed by atoms with Crippen LogP contribution in [0.4, 0.5) is 45.2 Å². The summed E-state index contributed by atoms with van der Waals surface area (Å²) in [6.07, 6.45) is 2.99. The highest BCUT2D eigenvalue weighted by atomic mass is 19.2. The van der Waals surface area contributed by atoms with Gasteiger partial charge in [0.25, 0.3) is 22.9 Å². The van der Waals surface area contributed by atoms with Gasteiger partial charge in [0.1, 0.15) is 89.1 Å². The molecule has 102 heavy (non-hydrogen) atoms. The Labute approximate surface area is 571 Å². The van der Waals surface area contributed by atoms with Crippen molar-refractivity contribution >= 4 is 50.8 Å². The highest BCUT2D eigenvalue weighted by Gasteiger charge is 2.42. The minimum absolute atomic E-state index is 0. The van der Waals surface area contributed by atoms with Gasteiger partial charge in [0.15, 0.2) is 5.78 Å². The molecule has 2 amide bonds. The lowest BCUT2D eigenvalue weighted by molar-refractivity contribution is -0.189. The number of carbonyl (C=O) groups is 4. The number of nitrogens with zero attached hydrogens (tertiary/aromatic N) is 12. The number of ketones is 1. The van der Waals surface area contributed by atoms with Crippen molar-refractivity contribution in [1.82, 2.24) is 69.8 Å². The quantitative estimate of drug-likeness (QED) is 0.0130. The number of fused-ring (bicyclic) bond motifs is 1. The summed E-state index contributed by atoms with van der Waals surface area (Å²) in [6.45, 7) is -0.559. The van der Waals surface area contributed by atoms with Crippen molar-refractivity contribution in [3.05, 3.63) is 252 Å². The number of benzene rings is 6. The number of hydrazine groups is 1. The first-order valence-electron chi connectivity index (χ1n) is 30.6. The average Bonchev–Trinajstić information content (AvgIpc) is 1.28. The number of aryl methyl sites for hydroxylation is 3. The number of H-pyrrole nitrogens is 2. The summed E-state index contributed by atoms with van der Waals surface area (Å²) in [5.74, 6) is -0.0755. The number of hydroxylamine groups is 2. The number of carbonyl (C=O) groups excluding carboxylic acids is 4. The topological polar surface area (TPSA) is 382 Å². The Morgan fingerprint density at radius 3 is 1.71 bits per heavy atom. The van der Waals surface area contributed by atoms with Crippen LogP contribution >= 0.6 is 0 Å². The van der Waals surface area contributed by atoms with Crippen LogP contribution in [-0.4, -0.2) is 121 Å². The van der Waals surface area contributed by atoms with Gasteiger partial charge in [-0.25, -0.2) is 71.0 Å². The molecule has 1 saturated heterocycles. The van der Waals surface area contributed by atoms with E-state index < -0.39 is 136 Å². The molecule has 28 nitrogen and oxygen atoms in total. The van der Waals surface area contributed by atoms with Crippen LogP contribution in [0.3, 0.4) is 0 Å². The Hall–Kier alpha value is -11.8. The van der Waals surface area contributed by atoms with E-state index in [1.807, 2.05) is 0 Å². The van der Waals surface area contributed by atoms with Crippen molar-refractivity contribution < 1.29 is 80.7 Å². The number of nitrogens with two attached hydrogens (primary N) is 3. The van der Waals surface area contributed by atoms with Crippen molar-refractivity contribution in [2.45, 2.75) is 48.5 Å². The van der Waals surface area contributed by atoms with E-state index in [-0.39, 0.29) is 60.1 Å². The normalized spacial score (nSPS) is 15.2. The number of halogens is 9. The molecule has 5 aromatic heterocycles. The fourth-order valence-corrected chi connectivity index (χ4v) is 11.7. The third-order valence-corrected chi connectivity index (χ3v) is 16.2. The average molecular weight is 1430 g/mol. The number of ether oxygens (including phenoxy) is 1. The molecule has 1 fully saturated rings. The SMILES string of the molecule is COC(=O)c1cc(F)cc(F)c1C(=O)C(c1ncnn1C)C(CON1C(=O)CCC1=O)c1ccc(F)cc1.Cn1ncnc1C(c1n[nH]c(=O)c2cc(F)cc(F)c12)C(CON)c1ccc(F)cc1.Cn1ncnc1C1c2n[nH]c(=O)c3cc(F)cc(c23)NOC1c1ccc(F)cc1.NN.[2HH].[2H]CF. The van der Waals surface area contributed by atoms with E-state index in [9.17, 15) is 63.9 Å². The van der Waals surface area contributed by atoms with Crippen LogP contribution in [0.15, 0.2) is 138 Å². The van der Waals surface area contributed by atoms with Gasteiger partial charge in [0, 0.05) is 70.2 Å². The summed E-state index contributed by atoms with van der Waals surface area (Å²) in [5, 5.41) is 26.0. The molecule has 2 aliphatic heterocycles. The molecular formula is C65H61F9N18O10. The number of methoxy groups -OCH3 is 1. The molecule has 6 atom stereocenters. The number of rotatable bonds is 17. The molecule has 6 unspecified atom stereocenters. The van der Waals surface area contributed by atoms with Crippen LogP contribution in [-0.2, 0) is 50.0 Å². The van der Waals surface area contributed by atoms with Crippen LogP contribution in [0.2, 0.25) is 0 Å². The molecule has 0 spiro atoms. The standard InChI is InChI=1S/C25H21F3N4O6.C20H17F3N6O2.C19H14F2N6O2.CH3F.H4N2.H2/c1-31-24(29-12-30-31)22(23(35)21-16(25(36)37-2)9-15(27)10-18(21)28)17(13-3-5-14(26)6-4-13)11-38-32-19(33)7-8-20(32)34;1-29-19(25-9-26-29)17(14(8-31-24)10-2-4-11(21)5-3-10)18-16-13(20(30)28-27-18)6-12(22)7-15(16)23;1-27-18(22-8-23-27)15-16-14-12(19(28)25-24-16)6-11(21)7-13(14)26-29-17(15)9-2-4-10(20)5-3-9;2*1-2;/h3-6,9-10,12,17,22H,7-8,11H2,1-2H3;2-7,9,14,17H,8,24H2,1H3,(H,28,30);2-8,15,17,26H,1H3,(H,25,28);1H3;1-2H2;1H/i;;;1D;;1+1. The maximum atomic E-state index is 15.1. The number of Topliss-reactive ketones (excluding diaryl/α,β-unsaturated/α-hetero) is 1.